The van der Waals surface area contributed by atoms with E-state index in [4.69, 9.17) is 11.6 Å². The van der Waals surface area contributed by atoms with Crippen LogP contribution in [0.5, 0.6) is 0 Å². The van der Waals surface area contributed by atoms with E-state index in [1.165, 1.54) is 24.8 Å². The van der Waals surface area contributed by atoms with Crippen LogP contribution in [0.1, 0.15) is 17.3 Å². The van der Waals surface area contributed by atoms with Gasteiger partial charge in [-0.25, -0.2) is 0 Å². The highest BCUT2D eigenvalue weighted by atomic mass is 35.5. The van der Waals surface area contributed by atoms with Crippen LogP contribution < -0.4 is 0 Å². The summed E-state index contributed by atoms with van der Waals surface area (Å²) in [5, 5.41) is 11.7. The molecule has 0 aromatic heterocycles. The smallest absolute Gasteiger partial charge is 0.283 e. The number of carbonyl (C=O) groups excluding carboxylic acids is 1. The second-order valence-corrected chi connectivity index (χ2v) is 5.60. The summed E-state index contributed by atoms with van der Waals surface area (Å²) in [5.74, 6) is -0.198. The lowest BCUT2D eigenvalue weighted by molar-refractivity contribution is -0.387. The maximum Gasteiger partial charge on any atom is 0.283 e. The molecule has 2 aromatic carbocycles. The molecule has 102 valence electrons. The minimum absolute atomic E-state index is 0.0716. The highest BCUT2D eigenvalue weighted by Crippen LogP contribution is 2.35. The average molecular weight is 308 g/mol. The number of rotatable bonds is 4. The lowest BCUT2D eigenvalue weighted by Crippen LogP contribution is -1.96. The number of halogens is 1. The summed E-state index contributed by atoms with van der Waals surface area (Å²) in [7, 11) is 0. The van der Waals surface area contributed by atoms with Crippen molar-refractivity contribution in [1.82, 2.24) is 0 Å². The average Bonchev–Trinajstić information content (AvgIpc) is 2.41. The minimum Gasteiger partial charge on any atom is -0.295 e. The van der Waals surface area contributed by atoms with Crippen molar-refractivity contribution in [1.29, 1.82) is 0 Å². The maximum absolute atomic E-state index is 11.3. The largest absolute Gasteiger partial charge is 0.295 e. The molecule has 2 aromatic rings. The Morgan fingerprint density at radius 3 is 2.40 bits per heavy atom. The van der Waals surface area contributed by atoms with Crippen molar-refractivity contribution >= 4 is 34.8 Å². The minimum atomic E-state index is -0.481. The lowest BCUT2D eigenvalue weighted by Gasteiger charge is -2.04. The topological polar surface area (TPSA) is 60.2 Å². The molecule has 0 N–H and O–H groups in total. The van der Waals surface area contributed by atoms with E-state index in [0.717, 1.165) is 4.90 Å². The van der Waals surface area contributed by atoms with Crippen LogP contribution in [0.25, 0.3) is 0 Å². The molecule has 20 heavy (non-hydrogen) atoms. The normalized spacial score (nSPS) is 10.3. The second-order valence-electron chi connectivity index (χ2n) is 4.05. The molecule has 0 amide bonds. The quantitative estimate of drug-likeness (QED) is 0.470. The highest BCUT2D eigenvalue weighted by molar-refractivity contribution is 7.99. The summed E-state index contributed by atoms with van der Waals surface area (Å²) in [5.41, 5.74) is 0.259. The van der Waals surface area contributed by atoms with Crippen LogP contribution in [0.15, 0.2) is 52.3 Å². The van der Waals surface area contributed by atoms with Crippen molar-refractivity contribution < 1.29 is 9.72 Å². The Labute approximate surface area is 124 Å². The van der Waals surface area contributed by atoms with Gasteiger partial charge in [-0.3, -0.25) is 14.9 Å². The second kappa shape index (κ2) is 6.07. The van der Waals surface area contributed by atoms with Crippen molar-refractivity contribution in [2.75, 3.05) is 0 Å². The highest BCUT2D eigenvalue weighted by Gasteiger charge is 2.17. The van der Waals surface area contributed by atoms with E-state index in [1.54, 1.807) is 36.4 Å². The monoisotopic (exact) mass is 307 g/mol. The van der Waals surface area contributed by atoms with Crippen LogP contribution in [0.4, 0.5) is 5.69 Å². The number of hydrogen-bond donors (Lipinski definition) is 0. The molecular formula is C14H10ClNO3S. The Morgan fingerprint density at radius 2 is 1.85 bits per heavy atom. The summed E-state index contributed by atoms with van der Waals surface area (Å²) in [6.45, 7) is 1.38. The standard InChI is InChI=1S/C14H10ClNO3S/c1-9(17)10-2-7-14(13(8-10)16(18)19)20-12-5-3-11(15)4-6-12/h2-8H,1H3. The van der Waals surface area contributed by atoms with Crippen LogP contribution in [0, 0.1) is 10.1 Å². The number of hydrogen-bond acceptors (Lipinski definition) is 4. The Balaban J connectivity index is 2.38. The van der Waals surface area contributed by atoms with Gasteiger partial charge in [0, 0.05) is 21.5 Å². The predicted molar refractivity (Wildman–Crippen MR) is 78.7 cm³/mol. The van der Waals surface area contributed by atoms with Crippen LogP contribution >= 0.6 is 23.4 Å². The zero-order valence-corrected chi connectivity index (χ0v) is 12.1. The zero-order valence-electron chi connectivity index (χ0n) is 10.5. The summed E-state index contributed by atoms with van der Waals surface area (Å²) >= 11 is 7.06. The molecule has 0 aliphatic heterocycles. The van der Waals surface area contributed by atoms with Crippen molar-refractivity contribution in [3.63, 3.8) is 0 Å². The maximum atomic E-state index is 11.3. The lowest BCUT2D eigenvalue weighted by atomic mass is 10.1. The van der Waals surface area contributed by atoms with Crippen molar-refractivity contribution in [3.8, 4) is 0 Å². The van der Waals surface area contributed by atoms with E-state index in [0.29, 0.717) is 15.5 Å². The summed E-state index contributed by atoms with van der Waals surface area (Å²) < 4.78 is 0. The van der Waals surface area contributed by atoms with Crippen molar-refractivity contribution in [2.45, 2.75) is 16.7 Å². The van der Waals surface area contributed by atoms with Gasteiger partial charge >= 0.3 is 0 Å². The molecule has 6 heteroatoms. The molecule has 0 spiro atoms. The molecule has 0 atom stereocenters. The van der Waals surface area contributed by atoms with Gasteiger partial charge in [0.25, 0.3) is 5.69 Å². The fourth-order valence-electron chi connectivity index (χ4n) is 1.59. The fraction of sp³-hybridized carbons (Fsp3) is 0.0714. The van der Waals surface area contributed by atoms with Gasteiger partial charge < -0.3 is 0 Å². The van der Waals surface area contributed by atoms with Crippen LogP contribution in [0.3, 0.4) is 0 Å². The number of nitrogens with zero attached hydrogens (tertiary/aromatic N) is 1. The van der Waals surface area contributed by atoms with Gasteiger partial charge in [-0.15, -0.1) is 0 Å². The number of benzene rings is 2. The van der Waals surface area contributed by atoms with Crippen LogP contribution in [-0.4, -0.2) is 10.7 Å². The van der Waals surface area contributed by atoms with E-state index in [-0.39, 0.29) is 11.5 Å². The van der Waals surface area contributed by atoms with Gasteiger partial charge in [0.1, 0.15) is 0 Å². The molecular weight excluding hydrogens is 298 g/mol. The summed E-state index contributed by atoms with van der Waals surface area (Å²) in [4.78, 5) is 23.2. The first-order chi connectivity index (χ1) is 9.47. The Bertz CT molecular complexity index is 671. The van der Waals surface area contributed by atoms with Gasteiger partial charge in [0.2, 0.25) is 0 Å². The third-order valence-electron chi connectivity index (χ3n) is 2.60. The van der Waals surface area contributed by atoms with Crippen LogP contribution in [-0.2, 0) is 0 Å². The number of Topliss-reactive ketones (excluding diaryl/α,β-unsaturated/α-hetero) is 1. The van der Waals surface area contributed by atoms with Gasteiger partial charge in [0.05, 0.1) is 9.82 Å². The van der Waals surface area contributed by atoms with E-state index in [9.17, 15) is 14.9 Å². The molecule has 0 aliphatic carbocycles. The van der Waals surface area contributed by atoms with E-state index in [2.05, 4.69) is 0 Å². The van der Waals surface area contributed by atoms with Gasteiger partial charge in [-0.05, 0) is 43.3 Å². The molecule has 0 aliphatic rings. The third kappa shape index (κ3) is 3.37. The predicted octanol–water partition coefficient (Wildman–Crippen LogP) is 4.60. The first-order valence-corrected chi connectivity index (χ1v) is 6.89. The molecule has 0 fully saturated rings. The van der Waals surface area contributed by atoms with Gasteiger partial charge in [-0.2, -0.15) is 0 Å². The van der Waals surface area contributed by atoms with Crippen LogP contribution in [0.2, 0.25) is 5.02 Å². The Morgan fingerprint density at radius 1 is 1.20 bits per heavy atom. The first kappa shape index (κ1) is 14.6. The van der Waals surface area contributed by atoms with E-state index in [1.807, 2.05) is 0 Å². The van der Waals surface area contributed by atoms with Gasteiger partial charge in [0.15, 0.2) is 5.78 Å². The number of ketones is 1. The first-order valence-electron chi connectivity index (χ1n) is 5.70. The third-order valence-corrected chi connectivity index (χ3v) is 3.93. The molecule has 0 saturated heterocycles. The molecule has 0 unspecified atom stereocenters. The molecule has 0 bridgehead atoms. The Hall–Kier alpha value is -1.85. The molecule has 2 rings (SSSR count). The zero-order chi connectivity index (χ0) is 14.7. The Kier molecular flexibility index (Phi) is 4.42. The molecule has 0 heterocycles. The number of nitro benzene ring substituents is 1. The van der Waals surface area contributed by atoms with Gasteiger partial charge in [-0.1, -0.05) is 23.4 Å². The molecule has 4 nitrogen and oxygen atoms in total. The van der Waals surface area contributed by atoms with Crippen molar-refractivity contribution in [2.24, 2.45) is 0 Å². The molecule has 0 radical (unpaired) electrons. The fourth-order valence-corrected chi connectivity index (χ4v) is 2.62. The number of nitro groups is 1. The molecule has 0 saturated carbocycles. The number of carbonyl (C=O) groups is 1. The summed E-state index contributed by atoms with van der Waals surface area (Å²) in [6, 6.07) is 11.5. The van der Waals surface area contributed by atoms with E-state index < -0.39 is 4.92 Å². The summed E-state index contributed by atoms with van der Waals surface area (Å²) in [6.07, 6.45) is 0. The SMILES string of the molecule is CC(=O)c1ccc(Sc2ccc(Cl)cc2)c([N+](=O)[O-])c1. The van der Waals surface area contributed by atoms with Crippen molar-refractivity contribution in [3.05, 3.63) is 63.2 Å². The van der Waals surface area contributed by atoms with E-state index >= 15 is 0 Å².